The van der Waals surface area contributed by atoms with Crippen molar-refractivity contribution in [3.05, 3.63) is 32.8 Å². The molecule has 1 aromatic rings. The summed E-state index contributed by atoms with van der Waals surface area (Å²) in [7, 11) is 0. The highest BCUT2D eigenvalue weighted by atomic mass is 79.9. The van der Waals surface area contributed by atoms with Gasteiger partial charge < -0.3 is 10.1 Å². The molecule has 92 valence electrons. The number of ether oxygens (including phenoxy) is 1. The fourth-order valence-electron chi connectivity index (χ4n) is 1.83. The summed E-state index contributed by atoms with van der Waals surface area (Å²) in [6.45, 7) is 1.73. The fraction of sp³-hybridized carbons (Fsp3) is 0.455. The monoisotopic (exact) mass is 300 g/mol. The summed E-state index contributed by atoms with van der Waals surface area (Å²) in [6, 6.07) is 4.85. The van der Waals surface area contributed by atoms with E-state index >= 15 is 0 Å². The minimum absolute atomic E-state index is 0.00458. The van der Waals surface area contributed by atoms with Crippen molar-refractivity contribution >= 4 is 21.6 Å². The molecule has 1 aliphatic rings. The van der Waals surface area contributed by atoms with Gasteiger partial charge >= 0.3 is 5.69 Å². The van der Waals surface area contributed by atoms with E-state index in [-0.39, 0.29) is 11.8 Å². The lowest BCUT2D eigenvalue weighted by Gasteiger charge is -2.23. The van der Waals surface area contributed by atoms with Crippen LogP contribution in [0.5, 0.6) is 5.75 Å². The molecule has 2 rings (SSSR count). The third-order valence-corrected chi connectivity index (χ3v) is 3.16. The van der Waals surface area contributed by atoms with Crippen molar-refractivity contribution in [2.75, 3.05) is 13.1 Å². The van der Waals surface area contributed by atoms with Crippen LogP contribution in [0.25, 0.3) is 0 Å². The molecule has 5 nitrogen and oxygen atoms in total. The lowest BCUT2D eigenvalue weighted by atomic mass is 10.1. The highest BCUT2D eigenvalue weighted by molar-refractivity contribution is 9.10. The Bertz CT molecular complexity index is 419. The van der Waals surface area contributed by atoms with Crippen molar-refractivity contribution in [3.63, 3.8) is 0 Å². The zero-order valence-electron chi connectivity index (χ0n) is 9.19. The molecule has 1 unspecified atom stereocenters. The molecule has 1 saturated heterocycles. The molecule has 0 radical (unpaired) electrons. The van der Waals surface area contributed by atoms with Crippen molar-refractivity contribution < 1.29 is 9.66 Å². The van der Waals surface area contributed by atoms with Gasteiger partial charge in [0.1, 0.15) is 6.10 Å². The highest BCUT2D eigenvalue weighted by Gasteiger charge is 2.20. The highest BCUT2D eigenvalue weighted by Crippen LogP contribution is 2.31. The van der Waals surface area contributed by atoms with Gasteiger partial charge in [-0.2, -0.15) is 0 Å². The lowest BCUT2D eigenvalue weighted by Crippen LogP contribution is -2.37. The molecule has 1 heterocycles. The van der Waals surface area contributed by atoms with Gasteiger partial charge in [-0.3, -0.25) is 10.1 Å². The van der Waals surface area contributed by atoms with Gasteiger partial charge in [0.05, 0.1) is 4.92 Å². The molecule has 1 N–H and O–H groups in total. The Morgan fingerprint density at radius 1 is 1.53 bits per heavy atom. The van der Waals surface area contributed by atoms with Gasteiger partial charge in [0.2, 0.25) is 0 Å². The summed E-state index contributed by atoms with van der Waals surface area (Å²) in [4.78, 5) is 10.5. The van der Waals surface area contributed by atoms with E-state index in [9.17, 15) is 10.1 Å². The predicted molar refractivity (Wildman–Crippen MR) is 67.3 cm³/mol. The van der Waals surface area contributed by atoms with Crippen LogP contribution in [0, 0.1) is 10.1 Å². The molecule has 1 aliphatic heterocycles. The van der Waals surface area contributed by atoms with Gasteiger partial charge in [0.25, 0.3) is 0 Å². The molecule has 1 atom stereocenters. The number of hydrogen-bond donors (Lipinski definition) is 1. The number of nitrogens with zero attached hydrogens (tertiary/aromatic N) is 1. The number of hydrogen-bond acceptors (Lipinski definition) is 4. The molecular formula is C11H13BrN2O3. The average Bonchev–Trinajstić information content (AvgIpc) is 2.32. The van der Waals surface area contributed by atoms with Gasteiger partial charge in [-0.25, -0.2) is 0 Å². The van der Waals surface area contributed by atoms with Crippen LogP contribution in [0.3, 0.4) is 0 Å². The van der Waals surface area contributed by atoms with E-state index in [4.69, 9.17) is 4.74 Å². The van der Waals surface area contributed by atoms with E-state index in [0.29, 0.717) is 10.2 Å². The first kappa shape index (κ1) is 12.3. The maximum absolute atomic E-state index is 10.9. The van der Waals surface area contributed by atoms with Crippen LogP contribution in [0.15, 0.2) is 22.7 Å². The summed E-state index contributed by atoms with van der Waals surface area (Å²) in [5.74, 6) is 0.340. The Kier molecular flexibility index (Phi) is 3.96. The molecule has 0 bridgehead atoms. The second-order valence-corrected chi connectivity index (χ2v) is 4.87. The molecule has 0 aromatic heterocycles. The second kappa shape index (κ2) is 5.46. The number of nitrogens with one attached hydrogen (secondary N) is 1. The third-order valence-electron chi connectivity index (χ3n) is 2.66. The Labute approximate surface area is 107 Å². The van der Waals surface area contributed by atoms with E-state index in [1.54, 1.807) is 12.1 Å². The maximum atomic E-state index is 10.9. The first-order valence-electron chi connectivity index (χ1n) is 5.48. The van der Waals surface area contributed by atoms with E-state index in [1.165, 1.54) is 6.07 Å². The van der Waals surface area contributed by atoms with Gasteiger partial charge in [0.15, 0.2) is 5.75 Å². The number of halogens is 1. The molecule has 0 aliphatic carbocycles. The van der Waals surface area contributed by atoms with Gasteiger partial charge in [-0.1, -0.05) is 15.9 Å². The maximum Gasteiger partial charge on any atom is 0.312 e. The minimum Gasteiger partial charge on any atom is -0.482 e. The lowest BCUT2D eigenvalue weighted by molar-refractivity contribution is -0.386. The van der Waals surface area contributed by atoms with Crippen LogP contribution in [0.4, 0.5) is 5.69 Å². The van der Waals surface area contributed by atoms with Gasteiger partial charge in [-0.15, -0.1) is 0 Å². The third kappa shape index (κ3) is 3.17. The summed E-state index contributed by atoms with van der Waals surface area (Å²) in [6.07, 6.45) is 1.98. The Morgan fingerprint density at radius 2 is 2.35 bits per heavy atom. The van der Waals surface area contributed by atoms with Crippen molar-refractivity contribution in [2.24, 2.45) is 0 Å². The first-order valence-corrected chi connectivity index (χ1v) is 6.27. The van der Waals surface area contributed by atoms with E-state index < -0.39 is 4.92 Å². The van der Waals surface area contributed by atoms with E-state index in [0.717, 1.165) is 25.9 Å². The largest absolute Gasteiger partial charge is 0.482 e. The molecule has 0 saturated carbocycles. The van der Waals surface area contributed by atoms with Gasteiger partial charge in [0, 0.05) is 17.1 Å². The van der Waals surface area contributed by atoms with Gasteiger partial charge in [-0.05, 0) is 31.5 Å². The Morgan fingerprint density at radius 3 is 3.00 bits per heavy atom. The van der Waals surface area contributed by atoms with Crippen LogP contribution in [-0.4, -0.2) is 24.1 Å². The van der Waals surface area contributed by atoms with Crippen molar-refractivity contribution in [2.45, 2.75) is 18.9 Å². The molecular weight excluding hydrogens is 288 g/mol. The van der Waals surface area contributed by atoms with Crippen LogP contribution in [0.1, 0.15) is 12.8 Å². The molecule has 0 spiro atoms. The quantitative estimate of drug-likeness (QED) is 0.688. The van der Waals surface area contributed by atoms with Crippen LogP contribution in [0.2, 0.25) is 0 Å². The fourth-order valence-corrected chi connectivity index (χ4v) is 2.18. The Balaban J connectivity index is 2.16. The van der Waals surface area contributed by atoms with Crippen LogP contribution < -0.4 is 10.1 Å². The molecule has 17 heavy (non-hydrogen) atoms. The average molecular weight is 301 g/mol. The van der Waals surface area contributed by atoms with Crippen molar-refractivity contribution in [1.82, 2.24) is 5.32 Å². The SMILES string of the molecule is O=[N+]([O-])c1cc(Br)ccc1OC1CCCNC1. The first-order chi connectivity index (χ1) is 8.16. The predicted octanol–water partition coefficient (Wildman–Crippen LogP) is 2.49. The normalized spacial score (nSPS) is 19.9. The molecule has 0 amide bonds. The summed E-state index contributed by atoms with van der Waals surface area (Å²) in [5, 5.41) is 14.1. The second-order valence-electron chi connectivity index (χ2n) is 3.96. The van der Waals surface area contributed by atoms with Crippen LogP contribution in [-0.2, 0) is 0 Å². The molecule has 1 aromatic carbocycles. The molecule has 6 heteroatoms. The van der Waals surface area contributed by atoms with E-state index in [2.05, 4.69) is 21.2 Å². The topological polar surface area (TPSA) is 64.4 Å². The number of benzene rings is 1. The van der Waals surface area contributed by atoms with Crippen LogP contribution >= 0.6 is 15.9 Å². The van der Waals surface area contributed by atoms with Crippen molar-refractivity contribution in [3.8, 4) is 5.75 Å². The zero-order valence-corrected chi connectivity index (χ0v) is 10.8. The summed E-state index contributed by atoms with van der Waals surface area (Å²) < 4.78 is 6.36. The smallest absolute Gasteiger partial charge is 0.312 e. The zero-order chi connectivity index (χ0) is 12.3. The Hall–Kier alpha value is -1.14. The number of nitro groups is 1. The standard InChI is InChI=1S/C11H13BrN2O3/c12-8-3-4-11(10(6-8)14(15)16)17-9-2-1-5-13-7-9/h3-4,6,9,13H,1-2,5,7H2. The number of nitro benzene ring substituents is 1. The van der Waals surface area contributed by atoms with E-state index in [1.807, 2.05) is 0 Å². The number of piperidine rings is 1. The summed E-state index contributed by atoms with van der Waals surface area (Å²) in [5.41, 5.74) is 0.00458. The van der Waals surface area contributed by atoms with Crippen molar-refractivity contribution in [1.29, 1.82) is 0 Å². The minimum atomic E-state index is -0.420. The summed E-state index contributed by atoms with van der Waals surface area (Å²) >= 11 is 3.22. The number of rotatable bonds is 3. The molecule has 1 fully saturated rings.